The number of nitrogens with one attached hydrogen (secondary N) is 1. The minimum absolute atomic E-state index is 0.198. The van der Waals surface area contributed by atoms with Crippen LogP contribution in [-0.4, -0.2) is 13.0 Å². The standard InChI is InChI=1S/C15H12F3NO2/c1-21-8-9-4-2-3-5-10(9)15(20)19-14-7-12(17)11(16)6-13(14)18/h2-7H,8H2,1H3,(H,19,20). The van der Waals surface area contributed by atoms with E-state index >= 15 is 0 Å². The highest BCUT2D eigenvalue weighted by atomic mass is 19.2. The first kappa shape index (κ1) is 15.1. The maximum atomic E-state index is 13.5. The Balaban J connectivity index is 2.28. The SMILES string of the molecule is COCc1ccccc1C(=O)Nc1cc(F)c(F)cc1F. The molecule has 0 radical (unpaired) electrons. The molecule has 0 heterocycles. The van der Waals surface area contributed by atoms with Crippen LogP contribution in [0.25, 0.3) is 0 Å². The molecule has 2 aromatic carbocycles. The maximum Gasteiger partial charge on any atom is 0.256 e. The second kappa shape index (κ2) is 6.41. The number of carbonyl (C=O) groups excluding carboxylic acids is 1. The van der Waals surface area contributed by atoms with Crippen molar-refractivity contribution in [2.75, 3.05) is 12.4 Å². The molecule has 0 bridgehead atoms. The molecule has 21 heavy (non-hydrogen) atoms. The van der Waals surface area contributed by atoms with E-state index in [-0.39, 0.29) is 12.2 Å². The number of halogens is 3. The average Bonchev–Trinajstić information content (AvgIpc) is 2.45. The Kier molecular flexibility index (Phi) is 4.59. The quantitative estimate of drug-likeness (QED) is 0.877. The van der Waals surface area contributed by atoms with Gasteiger partial charge in [-0.1, -0.05) is 18.2 Å². The number of methoxy groups -OCH3 is 1. The second-order valence-electron chi connectivity index (χ2n) is 4.29. The number of amides is 1. The van der Waals surface area contributed by atoms with E-state index in [1.165, 1.54) is 13.2 Å². The van der Waals surface area contributed by atoms with E-state index in [1.54, 1.807) is 18.2 Å². The summed E-state index contributed by atoms with van der Waals surface area (Å²) in [6.07, 6.45) is 0. The zero-order valence-electron chi connectivity index (χ0n) is 11.1. The van der Waals surface area contributed by atoms with Gasteiger partial charge in [-0.3, -0.25) is 4.79 Å². The van der Waals surface area contributed by atoms with Crippen molar-refractivity contribution in [2.45, 2.75) is 6.61 Å². The third-order valence-electron chi connectivity index (χ3n) is 2.82. The number of hydrogen-bond acceptors (Lipinski definition) is 2. The summed E-state index contributed by atoms with van der Waals surface area (Å²) < 4.78 is 44.4. The molecule has 0 aromatic heterocycles. The van der Waals surface area contributed by atoms with Gasteiger partial charge in [-0.15, -0.1) is 0 Å². The second-order valence-corrected chi connectivity index (χ2v) is 4.29. The van der Waals surface area contributed by atoms with Crippen molar-refractivity contribution in [3.8, 4) is 0 Å². The van der Waals surface area contributed by atoms with Gasteiger partial charge in [0.25, 0.3) is 5.91 Å². The van der Waals surface area contributed by atoms with E-state index in [2.05, 4.69) is 5.32 Å². The molecule has 0 aliphatic heterocycles. The molecule has 0 unspecified atom stereocenters. The molecule has 2 rings (SSSR count). The van der Waals surface area contributed by atoms with Crippen LogP contribution in [0, 0.1) is 17.5 Å². The summed E-state index contributed by atoms with van der Waals surface area (Å²) >= 11 is 0. The van der Waals surface area contributed by atoms with Crippen LogP contribution in [0.2, 0.25) is 0 Å². The summed E-state index contributed by atoms with van der Waals surface area (Å²) in [6, 6.07) is 7.55. The number of hydrogen-bond donors (Lipinski definition) is 1. The van der Waals surface area contributed by atoms with Crippen molar-refractivity contribution in [3.63, 3.8) is 0 Å². The molecular weight excluding hydrogens is 283 g/mol. The van der Waals surface area contributed by atoms with E-state index in [4.69, 9.17) is 4.74 Å². The molecule has 0 atom stereocenters. The van der Waals surface area contributed by atoms with Crippen molar-refractivity contribution < 1.29 is 22.7 Å². The Bertz CT molecular complexity index is 674. The molecule has 1 N–H and O–H groups in total. The van der Waals surface area contributed by atoms with Crippen molar-refractivity contribution >= 4 is 11.6 Å². The van der Waals surface area contributed by atoms with Crippen LogP contribution < -0.4 is 5.32 Å². The highest BCUT2D eigenvalue weighted by Gasteiger charge is 2.15. The number of carbonyl (C=O) groups is 1. The molecule has 0 aliphatic rings. The van der Waals surface area contributed by atoms with Gasteiger partial charge in [0.05, 0.1) is 12.3 Å². The molecule has 0 fully saturated rings. The van der Waals surface area contributed by atoms with Gasteiger partial charge in [-0.05, 0) is 11.6 Å². The van der Waals surface area contributed by atoms with Crippen molar-refractivity contribution in [2.24, 2.45) is 0 Å². The van der Waals surface area contributed by atoms with Crippen LogP contribution >= 0.6 is 0 Å². The first-order chi connectivity index (χ1) is 10.0. The Morgan fingerprint density at radius 1 is 1.10 bits per heavy atom. The highest BCUT2D eigenvalue weighted by molar-refractivity contribution is 6.05. The van der Waals surface area contributed by atoms with Crippen LogP contribution in [0.5, 0.6) is 0 Å². The van der Waals surface area contributed by atoms with Crippen LogP contribution in [0.1, 0.15) is 15.9 Å². The van der Waals surface area contributed by atoms with Gasteiger partial charge in [-0.2, -0.15) is 0 Å². The van der Waals surface area contributed by atoms with Gasteiger partial charge in [0.1, 0.15) is 5.82 Å². The van der Waals surface area contributed by atoms with Crippen molar-refractivity contribution in [3.05, 3.63) is 65.0 Å². The molecule has 0 spiro atoms. The summed E-state index contributed by atoms with van der Waals surface area (Å²) in [7, 11) is 1.48. The lowest BCUT2D eigenvalue weighted by Gasteiger charge is -2.10. The average molecular weight is 295 g/mol. The normalized spacial score (nSPS) is 10.5. The maximum absolute atomic E-state index is 13.5. The molecule has 1 amide bonds. The van der Waals surface area contributed by atoms with Gasteiger partial charge >= 0.3 is 0 Å². The minimum atomic E-state index is -1.31. The lowest BCUT2D eigenvalue weighted by atomic mass is 10.1. The first-order valence-corrected chi connectivity index (χ1v) is 6.05. The largest absolute Gasteiger partial charge is 0.380 e. The summed E-state index contributed by atoms with van der Waals surface area (Å²) in [5.41, 5.74) is 0.440. The first-order valence-electron chi connectivity index (χ1n) is 6.05. The number of ether oxygens (including phenoxy) is 1. The molecule has 0 saturated carbocycles. The van der Waals surface area contributed by atoms with E-state index in [9.17, 15) is 18.0 Å². The van der Waals surface area contributed by atoms with E-state index in [1.807, 2.05) is 0 Å². The third kappa shape index (κ3) is 3.41. The zero-order valence-corrected chi connectivity index (χ0v) is 11.1. The van der Waals surface area contributed by atoms with Gasteiger partial charge in [-0.25, -0.2) is 13.2 Å². The molecule has 0 aliphatic carbocycles. The van der Waals surface area contributed by atoms with Crippen LogP contribution in [0.15, 0.2) is 36.4 Å². The van der Waals surface area contributed by atoms with Crippen LogP contribution in [0.4, 0.5) is 18.9 Å². The fourth-order valence-electron chi connectivity index (χ4n) is 1.83. The lowest BCUT2D eigenvalue weighted by molar-refractivity contribution is 0.102. The van der Waals surface area contributed by atoms with Crippen molar-refractivity contribution in [1.29, 1.82) is 0 Å². The Hall–Kier alpha value is -2.34. The zero-order chi connectivity index (χ0) is 15.4. The van der Waals surface area contributed by atoms with E-state index in [0.717, 1.165) is 0 Å². The Morgan fingerprint density at radius 3 is 2.48 bits per heavy atom. The van der Waals surface area contributed by atoms with Crippen LogP contribution in [0.3, 0.4) is 0 Å². The third-order valence-corrected chi connectivity index (χ3v) is 2.82. The van der Waals surface area contributed by atoms with Crippen LogP contribution in [-0.2, 0) is 11.3 Å². The molecular formula is C15H12F3NO2. The Morgan fingerprint density at radius 2 is 1.76 bits per heavy atom. The fraction of sp³-hybridized carbons (Fsp3) is 0.133. The number of anilines is 1. The molecule has 0 saturated heterocycles. The summed E-state index contributed by atoms with van der Waals surface area (Å²) in [5, 5.41) is 2.22. The summed E-state index contributed by atoms with van der Waals surface area (Å²) in [4.78, 5) is 12.1. The van der Waals surface area contributed by atoms with Gasteiger partial charge in [0.2, 0.25) is 0 Å². The Labute approximate surface area is 119 Å². The lowest BCUT2D eigenvalue weighted by Crippen LogP contribution is -2.16. The van der Waals surface area contributed by atoms with Gasteiger partial charge in [0.15, 0.2) is 11.6 Å². The van der Waals surface area contributed by atoms with E-state index in [0.29, 0.717) is 17.7 Å². The van der Waals surface area contributed by atoms with Gasteiger partial charge in [0, 0.05) is 24.8 Å². The molecule has 110 valence electrons. The smallest absolute Gasteiger partial charge is 0.256 e. The van der Waals surface area contributed by atoms with Crippen molar-refractivity contribution in [1.82, 2.24) is 0 Å². The number of benzene rings is 2. The fourth-order valence-corrected chi connectivity index (χ4v) is 1.83. The molecule has 2 aromatic rings. The monoisotopic (exact) mass is 295 g/mol. The molecule has 3 nitrogen and oxygen atoms in total. The predicted octanol–water partition coefficient (Wildman–Crippen LogP) is 3.50. The highest BCUT2D eigenvalue weighted by Crippen LogP contribution is 2.20. The molecule has 6 heteroatoms. The number of rotatable bonds is 4. The summed E-state index contributed by atoms with van der Waals surface area (Å²) in [5.74, 6) is -4.24. The minimum Gasteiger partial charge on any atom is -0.380 e. The van der Waals surface area contributed by atoms with E-state index < -0.39 is 29.0 Å². The van der Waals surface area contributed by atoms with Gasteiger partial charge < -0.3 is 10.1 Å². The predicted molar refractivity (Wildman–Crippen MR) is 71.4 cm³/mol. The summed E-state index contributed by atoms with van der Waals surface area (Å²) in [6.45, 7) is 0.198. The topological polar surface area (TPSA) is 38.3 Å².